The summed E-state index contributed by atoms with van der Waals surface area (Å²) in [7, 11) is 0. The second-order valence-electron chi connectivity index (χ2n) is 5.25. The number of phenols is 1. The lowest BCUT2D eigenvalue weighted by Crippen LogP contribution is -2.33. The van der Waals surface area contributed by atoms with Crippen LogP contribution < -0.4 is 5.32 Å². The molecule has 2 N–H and O–H groups in total. The van der Waals surface area contributed by atoms with Gasteiger partial charge in [-0.1, -0.05) is 12.8 Å². The van der Waals surface area contributed by atoms with E-state index in [1.165, 1.54) is 12.1 Å². The van der Waals surface area contributed by atoms with Crippen molar-refractivity contribution in [2.45, 2.75) is 31.7 Å². The predicted molar refractivity (Wildman–Crippen MR) is 86.4 cm³/mol. The normalized spacial score (nSPS) is 15.2. The van der Waals surface area contributed by atoms with Gasteiger partial charge in [0, 0.05) is 12.1 Å². The molecule has 1 saturated carbocycles. The zero-order valence-electron chi connectivity index (χ0n) is 12.1. The number of nitro groups is 1. The fourth-order valence-electron chi connectivity index (χ4n) is 2.48. The maximum Gasteiger partial charge on any atom is 0.312 e. The molecule has 1 aromatic rings. The van der Waals surface area contributed by atoms with Crippen molar-refractivity contribution in [3.05, 3.63) is 37.9 Å². The number of nitrogens with one attached hydrogen (secondary N) is 1. The predicted octanol–water partition coefficient (Wildman–Crippen LogP) is 3.03. The van der Waals surface area contributed by atoms with Crippen LogP contribution in [-0.2, 0) is 4.79 Å². The first-order valence-electron chi connectivity index (χ1n) is 7.02. The van der Waals surface area contributed by atoms with Crippen LogP contribution in [-0.4, -0.2) is 22.0 Å². The van der Waals surface area contributed by atoms with Crippen LogP contribution in [0.15, 0.2) is 22.2 Å². The highest BCUT2D eigenvalue weighted by atomic mass is 79.9. The van der Waals surface area contributed by atoms with Gasteiger partial charge >= 0.3 is 5.69 Å². The van der Waals surface area contributed by atoms with E-state index in [2.05, 4.69) is 21.2 Å². The van der Waals surface area contributed by atoms with Crippen LogP contribution in [0.2, 0.25) is 0 Å². The summed E-state index contributed by atoms with van der Waals surface area (Å²) < 4.78 is 0.117. The molecule has 1 amide bonds. The van der Waals surface area contributed by atoms with Crippen molar-refractivity contribution in [1.82, 2.24) is 5.32 Å². The molecule has 1 fully saturated rings. The smallest absolute Gasteiger partial charge is 0.312 e. The average molecular weight is 380 g/mol. The first-order valence-corrected chi connectivity index (χ1v) is 7.81. The summed E-state index contributed by atoms with van der Waals surface area (Å²) in [6.45, 7) is 0. The van der Waals surface area contributed by atoms with Crippen molar-refractivity contribution in [1.29, 1.82) is 5.26 Å². The van der Waals surface area contributed by atoms with E-state index in [0.717, 1.165) is 31.7 Å². The number of carbonyl (C=O) groups is 1. The van der Waals surface area contributed by atoms with Crippen LogP contribution in [0.3, 0.4) is 0 Å². The number of halogens is 1. The minimum Gasteiger partial charge on any atom is -0.501 e. The van der Waals surface area contributed by atoms with Gasteiger partial charge in [0.2, 0.25) is 5.75 Å². The molecule has 1 aliphatic carbocycles. The van der Waals surface area contributed by atoms with Crippen LogP contribution in [0, 0.1) is 21.4 Å². The Morgan fingerprint density at radius 1 is 1.48 bits per heavy atom. The molecular weight excluding hydrogens is 366 g/mol. The highest BCUT2D eigenvalue weighted by Crippen LogP contribution is 2.35. The first kappa shape index (κ1) is 17.0. The van der Waals surface area contributed by atoms with Gasteiger partial charge in [0.25, 0.3) is 5.91 Å². The number of rotatable bonds is 4. The number of benzene rings is 1. The summed E-state index contributed by atoms with van der Waals surface area (Å²) in [4.78, 5) is 22.3. The van der Waals surface area contributed by atoms with E-state index in [-0.39, 0.29) is 21.7 Å². The first-order chi connectivity index (χ1) is 10.9. The van der Waals surface area contributed by atoms with Gasteiger partial charge in [-0.2, -0.15) is 5.26 Å². The van der Waals surface area contributed by atoms with Gasteiger partial charge < -0.3 is 10.4 Å². The summed E-state index contributed by atoms with van der Waals surface area (Å²) >= 11 is 3.02. The van der Waals surface area contributed by atoms with E-state index < -0.39 is 22.3 Å². The van der Waals surface area contributed by atoms with Gasteiger partial charge in [-0.15, -0.1) is 0 Å². The van der Waals surface area contributed by atoms with Gasteiger partial charge in [0.05, 0.1) is 9.40 Å². The molecule has 0 aliphatic heterocycles. The third kappa shape index (κ3) is 4.07. The summed E-state index contributed by atoms with van der Waals surface area (Å²) in [5.41, 5.74) is -0.359. The third-order valence-corrected chi connectivity index (χ3v) is 4.23. The Hall–Kier alpha value is -2.40. The van der Waals surface area contributed by atoms with Crippen LogP contribution >= 0.6 is 15.9 Å². The summed E-state index contributed by atoms with van der Waals surface area (Å²) in [6, 6.07) is 4.39. The molecule has 0 heterocycles. The summed E-state index contributed by atoms with van der Waals surface area (Å²) in [5, 5.41) is 32.5. The Kier molecular flexibility index (Phi) is 5.34. The van der Waals surface area contributed by atoms with Crippen LogP contribution in [0.5, 0.6) is 5.75 Å². The molecular formula is C15H14BrN3O4. The Morgan fingerprint density at radius 3 is 2.70 bits per heavy atom. The number of carbonyl (C=O) groups excluding carboxylic acids is 1. The average Bonchev–Trinajstić information content (AvgIpc) is 3.00. The van der Waals surface area contributed by atoms with Gasteiger partial charge in [-0.05, 0) is 46.5 Å². The molecule has 1 aliphatic rings. The van der Waals surface area contributed by atoms with E-state index in [0.29, 0.717) is 0 Å². The van der Waals surface area contributed by atoms with Gasteiger partial charge in [0.1, 0.15) is 11.6 Å². The Morgan fingerprint density at radius 2 is 2.13 bits per heavy atom. The van der Waals surface area contributed by atoms with E-state index in [1.54, 1.807) is 0 Å². The zero-order valence-corrected chi connectivity index (χ0v) is 13.7. The van der Waals surface area contributed by atoms with Crippen molar-refractivity contribution in [2.75, 3.05) is 0 Å². The second kappa shape index (κ2) is 7.24. The van der Waals surface area contributed by atoms with Gasteiger partial charge in [0.15, 0.2) is 0 Å². The third-order valence-electron chi connectivity index (χ3n) is 3.63. The van der Waals surface area contributed by atoms with Crippen molar-refractivity contribution < 1.29 is 14.8 Å². The molecule has 0 atom stereocenters. The number of aromatic hydroxyl groups is 1. The number of hydrogen-bond acceptors (Lipinski definition) is 5. The van der Waals surface area contributed by atoms with Crippen LogP contribution in [0.4, 0.5) is 5.69 Å². The largest absolute Gasteiger partial charge is 0.501 e. The fraction of sp³-hybridized carbons (Fsp3) is 0.333. The lowest BCUT2D eigenvalue weighted by molar-refractivity contribution is -0.386. The molecule has 1 aromatic carbocycles. The topological polar surface area (TPSA) is 116 Å². The second-order valence-corrected chi connectivity index (χ2v) is 6.11. The SMILES string of the molecule is N#C/C(=C/c1cc(Br)c(O)c([N+](=O)[O-])c1)C(=O)NC1CCCC1. The maximum atomic E-state index is 12.1. The van der Waals surface area contributed by atoms with Gasteiger partial charge in [-0.3, -0.25) is 14.9 Å². The molecule has 0 bridgehead atoms. The quantitative estimate of drug-likeness (QED) is 0.361. The molecule has 120 valence electrons. The Labute approximate surface area is 140 Å². The molecule has 23 heavy (non-hydrogen) atoms. The van der Waals surface area contributed by atoms with E-state index >= 15 is 0 Å². The number of nitriles is 1. The molecule has 8 heteroatoms. The summed E-state index contributed by atoms with van der Waals surface area (Å²) in [5.74, 6) is -0.993. The number of amides is 1. The van der Waals surface area contributed by atoms with Crippen molar-refractivity contribution in [3.63, 3.8) is 0 Å². The molecule has 0 saturated heterocycles. The Balaban J connectivity index is 2.28. The van der Waals surface area contributed by atoms with Gasteiger partial charge in [-0.25, -0.2) is 0 Å². The van der Waals surface area contributed by atoms with E-state index in [1.807, 2.05) is 6.07 Å². The Bertz CT molecular complexity index is 718. The number of phenolic OH excluding ortho intramolecular Hbond substituents is 1. The van der Waals surface area contributed by atoms with E-state index in [9.17, 15) is 20.0 Å². The number of hydrogen-bond donors (Lipinski definition) is 2. The maximum absolute atomic E-state index is 12.1. The highest BCUT2D eigenvalue weighted by molar-refractivity contribution is 9.10. The van der Waals surface area contributed by atoms with Crippen molar-refractivity contribution in [3.8, 4) is 11.8 Å². The van der Waals surface area contributed by atoms with E-state index in [4.69, 9.17) is 5.26 Å². The molecule has 2 rings (SSSR count). The molecule has 0 aromatic heterocycles. The monoisotopic (exact) mass is 379 g/mol. The molecule has 0 unspecified atom stereocenters. The highest BCUT2D eigenvalue weighted by Gasteiger charge is 2.21. The van der Waals surface area contributed by atoms with Crippen molar-refractivity contribution in [2.24, 2.45) is 0 Å². The summed E-state index contributed by atoms with van der Waals surface area (Å²) in [6.07, 6.45) is 5.14. The molecule has 0 spiro atoms. The van der Waals surface area contributed by atoms with Crippen LogP contribution in [0.1, 0.15) is 31.2 Å². The lowest BCUT2D eigenvalue weighted by Gasteiger charge is -2.11. The number of nitrogens with zero attached hydrogens (tertiary/aromatic N) is 2. The fourth-order valence-corrected chi connectivity index (χ4v) is 2.94. The minimum atomic E-state index is -0.734. The lowest BCUT2D eigenvalue weighted by atomic mass is 10.1. The molecule has 7 nitrogen and oxygen atoms in total. The number of nitro benzene ring substituents is 1. The van der Waals surface area contributed by atoms with Crippen molar-refractivity contribution >= 4 is 33.6 Å². The molecule has 0 radical (unpaired) electrons. The zero-order chi connectivity index (χ0) is 17.0. The van der Waals surface area contributed by atoms with Crippen LogP contribution in [0.25, 0.3) is 6.08 Å². The standard InChI is InChI=1S/C15H14BrN3O4/c16-12-6-9(7-13(14(12)20)19(22)23)5-10(8-17)15(21)18-11-3-1-2-4-11/h5-7,11,20H,1-4H2,(H,18,21)/b10-5-. The minimum absolute atomic E-state index is 0.0696.